The summed E-state index contributed by atoms with van der Waals surface area (Å²) >= 11 is 0. The highest BCUT2D eigenvalue weighted by molar-refractivity contribution is 7.90. The molecule has 1 fully saturated rings. The molecule has 226 valence electrons. The fraction of sp³-hybridized carbons (Fsp3) is 0.357. The molecular weight excluding hydrogens is 579 g/mol. The van der Waals surface area contributed by atoms with Crippen LogP contribution >= 0.6 is 0 Å². The van der Waals surface area contributed by atoms with Crippen molar-refractivity contribution >= 4 is 43.4 Å². The van der Waals surface area contributed by atoms with Crippen molar-refractivity contribution in [2.45, 2.75) is 24.6 Å². The Labute approximate surface area is 246 Å². The number of benzene rings is 1. The lowest BCUT2D eigenvalue weighted by atomic mass is 10.1. The van der Waals surface area contributed by atoms with Gasteiger partial charge in [0.25, 0.3) is 0 Å². The van der Waals surface area contributed by atoms with Crippen molar-refractivity contribution in [2.24, 2.45) is 7.05 Å². The zero-order valence-corrected chi connectivity index (χ0v) is 24.5. The normalized spacial score (nSPS) is 20.7. The van der Waals surface area contributed by atoms with E-state index in [-0.39, 0.29) is 18.2 Å². The second-order valence-corrected chi connectivity index (χ2v) is 12.9. The molecule has 5 aromatic rings. The van der Waals surface area contributed by atoms with Gasteiger partial charge in [-0.15, -0.1) is 0 Å². The molecule has 43 heavy (non-hydrogen) atoms. The van der Waals surface area contributed by atoms with Crippen LogP contribution in [0.3, 0.4) is 0 Å². The van der Waals surface area contributed by atoms with Crippen LogP contribution in [0.25, 0.3) is 33.2 Å². The minimum atomic E-state index is -3.11. The Morgan fingerprint density at radius 3 is 2.74 bits per heavy atom. The van der Waals surface area contributed by atoms with Crippen LogP contribution < -0.4 is 15.4 Å². The number of aryl methyl sites for hydroxylation is 1. The monoisotopic (exact) mass is 610 g/mol. The average Bonchev–Trinajstić information content (AvgIpc) is 3.66. The second kappa shape index (κ2) is 11.1. The third kappa shape index (κ3) is 5.70. The van der Waals surface area contributed by atoms with Gasteiger partial charge < -0.3 is 29.8 Å². The summed E-state index contributed by atoms with van der Waals surface area (Å²) in [6.07, 6.45) is 0.506. The number of fused-ring (bicyclic) bond motifs is 2. The number of pyridine rings is 1. The highest BCUT2D eigenvalue weighted by Crippen LogP contribution is 2.39. The third-order valence-corrected chi connectivity index (χ3v) is 8.37. The molecule has 13 nitrogen and oxygen atoms in total. The number of hydrogen-bond donors (Lipinski definition) is 2. The van der Waals surface area contributed by atoms with Gasteiger partial charge in [0.15, 0.2) is 12.4 Å². The summed E-state index contributed by atoms with van der Waals surface area (Å²) < 4.78 is 53.7. The van der Waals surface area contributed by atoms with Crippen LogP contribution in [-0.4, -0.2) is 93.4 Å². The van der Waals surface area contributed by atoms with Crippen LogP contribution in [0.1, 0.15) is 6.23 Å². The molecule has 4 atom stereocenters. The smallest absolute Gasteiger partial charge is 0.173 e. The van der Waals surface area contributed by atoms with E-state index >= 15 is 4.39 Å². The van der Waals surface area contributed by atoms with Gasteiger partial charge in [-0.2, -0.15) is 5.10 Å². The van der Waals surface area contributed by atoms with E-state index < -0.39 is 34.4 Å². The van der Waals surface area contributed by atoms with Crippen molar-refractivity contribution in [3.8, 4) is 17.0 Å². The van der Waals surface area contributed by atoms with E-state index in [0.29, 0.717) is 45.9 Å². The van der Waals surface area contributed by atoms with E-state index in [1.165, 1.54) is 17.2 Å². The van der Waals surface area contributed by atoms with Crippen LogP contribution in [-0.2, 0) is 21.6 Å². The molecule has 0 aliphatic carbocycles. The Morgan fingerprint density at radius 1 is 1.21 bits per heavy atom. The number of aromatic nitrogens is 6. The Kier molecular flexibility index (Phi) is 7.40. The van der Waals surface area contributed by atoms with Crippen molar-refractivity contribution in [1.82, 2.24) is 29.3 Å². The van der Waals surface area contributed by atoms with Crippen LogP contribution in [0.2, 0.25) is 0 Å². The third-order valence-electron chi connectivity index (χ3n) is 7.45. The van der Waals surface area contributed by atoms with Crippen LogP contribution in [0.4, 0.5) is 16.0 Å². The second-order valence-electron chi connectivity index (χ2n) is 10.7. The molecule has 1 aromatic carbocycles. The van der Waals surface area contributed by atoms with Gasteiger partial charge in [0.1, 0.15) is 58.0 Å². The Balaban J connectivity index is 1.20. The Hall–Kier alpha value is -4.34. The fourth-order valence-electron chi connectivity index (χ4n) is 5.10. The first-order valence-corrected chi connectivity index (χ1v) is 15.6. The van der Waals surface area contributed by atoms with Crippen molar-refractivity contribution in [3.63, 3.8) is 0 Å². The standard InChI is InChI=1S/C28H31FN8O5S/c1-35(10-11-43(3,39)40)22-7-5-16-4-6-17(12-20(16)33-22)41-14-21-25(38)24(29)28(42-21)37-13-18(19-8-9-36(2)34-19)23-26(30)31-15-32-27(23)37/h4-9,12-13,15,21,24-25,28,38H,10-11,14H2,1-3H3,(H2,30,31,32)/t21-,24+,25-,28-/m1/s1. The van der Waals surface area contributed by atoms with Crippen molar-refractivity contribution in [2.75, 3.05) is 42.8 Å². The van der Waals surface area contributed by atoms with Crippen molar-refractivity contribution in [3.05, 3.63) is 55.1 Å². The average molecular weight is 611 g/mol. The number of nitrogens with two attached hydrogens (primary N) is 1. The number of sulfone groups is 1. The van der Waals surface area contributed by atoms with Gasteiger partial charge in [0, 0.05) is 56.3 Å². The van der Waals surface area contributed by atoms with E-state index in [0.717, 1.165) is 5.39 Å². The lowest BCUT2D eigenvalue weighted by molar-refractivity contribution is -0.0410. The Morgan fingerprint density at radius 2 is 2.00 bits per heavy atom. The number of anilines is 2. The predicted octanol–water partition coefficient (Wildman–Crippen LogP) is 2.12. The van der Waals surface area contributed by atoms with Gasteiger partial charge >= 0.3 is 0 Å². The minimum absolute atomic E-state index is 0.0102. The topological polar surface area (TPSA) is 164 Å². The molecule has 1 saturated heterocycles. The van der Waals surface area contributed by atoms with Crippen LogP contribution in [0.5, 0.6) is 5.75 Å². The minimum Gasteiger partial charge on any atom is -0.491 e. The number of halogens is 1. The highest BCUT2D eigenvalue weighted by Gasteiger charge is 2.46. The number of alkyl halides is 1. The maximum Gasteiger partial charge on any atom is 0.173 e. The molecule has 3 N–H and O–H groups in total. The largest absolute Gasteiger partial charge is 0.491 e. The maximum atomic E-state index is 15.6. The molecule has 4 aromatic heterocycles. The van der Waals surface area contributed by atoms with E-state index in [4.69, 9.17) is 15.2 Å². The van der Waals surface area contributed by atoms with Gasteiger partial charge in [0.2, 0.25) is 0 Å². The summed E-state index contributed by atoms with van der Waals surface area (Å²) in [5.74, 6) is 1.29. The van der Waals surface area contributed by atoms with Gasteiger partial charge in [-0.3, -0.25) is 4.68 Å². The zero-order chi connectivity index (χ0) is 30.5. The number of aliphatic hydroxyl groups is 1. The fourth-order valence-corrected chi connectivity index (χ4v) is 5.71. The number of ether oxygens (including phenoxy) is 2. The molecule has 6 rings (SSSR count). The molecular formula is C28H31FN8O5S. The van der Waals surface area contributed by atoms with Crippen molar-refractivity contribution < 1.29 is 27.4 Å². The first kappa shape index (κ1) is 28.8. The first-order valence-electron chi connectivity index (χ1n) is 13.5. The van der Waals surface area contributed by atoms with E-state index in [1.807, 2.05) is 18.2 Å². The van der Waals surface area contributed by atoms with Gasteiger partial charge in [0.05, 0.1) is 22.3 Å². The van der Waals surface area contributed by atoms with Gasteiger partial charge in [-0.05, 0) is 30.3 Å². The first-order chi connectivity index (χ1) is 20.5. The molecule has 0 radical (unpaired) electrons. The summed E-state index contributed by atoms with van der Waals surface area (Å²) in [7, 11) is 0.446. The van der Waals surface area contributed by atoms with E-state index in [1.54, 1.807) is 54.3 Å². The molecule has 1 aliphatic rings. The molecule has 0 spiro atoms. The van der Waals surface area contributed by atoms with Crippen LogP contribution in [0, 0.1) is 0 Å². The maximum absolute atomic E-state index is 15.6. The summed E-state index contributed by atoms with van der Waals surface area (Å²) in [4.78, 5) is 14.8. The van der Waals surface area contributed by atoms with E-state index in [9.17, 15) is 13.5 Å². The van der Waals surface area contributed by atoms with Crippen LogP contribution in [0.15, 0.2) is 55.1 Å². The number of rotatable bonds is 9. The Bertz CT molecular complexity index is 1910. The quantitative estimate of drug-likeness (QED) is 0.251. The zero-order valence-electron chi connectivity index (χ0n) is 23.7. The lowest BCUT2D eigenvalue weighted by Gasteiger charge is -2.18. The molecule has 0 unspecified atom stereocenters. The summed E-state index contributed by atoms with van der Waals surface area (Å²) in [5, 5.41) is 16.6. The number of hydrogen-bond acceptors (Lipinski definition) is 11. The SMILES string of the molecule is CN(CCS(C)(=O)=O)c1ccc2ccc(OC[C@H]3O[C@@H](n4cc(-c5ccn(C)n5)c5c(N)ncnc54)[C@@H](F)[C@@H]3O)cc2n1. The molecule has 0 saturated carbocycles. The summed E-state index contributed by atoms with van der Waals surface area (Å²) in [6, 6.07) is 10.8. The molecule has 0 bridgehead atoms. The number of aliphatic hydroxyl groups excluding tert-OH is 1. The van der Waals surface area contributed by atoms with E-state index in [2.05, 4.69) is 20.1 Å². The highest BCUT2D eigenvalue weighted by atomic mass is 32.2. The summed E-state index contributed by atoms with van der Waals surface area (Å²) in [5.41, 5.74) is 8.39. The molecule has 15 heteroatoms. The molecule has 5 heterocycles. The molecule has 0 amide bonds. The number of nitrogen functional groups attached to an aromatic ring is 1. The number of nitrogens with zero attached hydrogens (tertiary/aromatic N) is 7. The van der Waals surface area contributed by atoms with Gasteiger partial charge in [-0.1, -0.05) is 0 Å². The van der Waals surface area contributed by atoms with Crippen molar-refractivity contribution in [1.29, 1.82) is 0 Å². The molecule has 1 aliphatic heterocycles. The van der Waals surface area contributed by atoms with Gasteiger partial charge in [-0.25, -0.2) is 27.8 Å². The lowest BCUT2D eigenvalue weighted by Crippen LogP contribution is -2.32. The summed E-state index contributed by atoms with van der Waals surface area (Å²) in [6.45, 7) is 0.176. The predicted molar refractivity (Wildman–Crippen MR) is 159 cm³/mol.